The molecule has 146 valence electrons. The van der Waals surface area contributed by atoms with Crippen LogP contribution in [0.15, 0.2) is 24.3 Å². The fourth-order valence-corrected chi connectivity index (χ4v) is 3.35. The molecule has 0 bridgehead atoms. The fourth-order valence-electron chi connectivity index (χ4n) is 2.27. The first-order valence-electron chi connectivity index (χ1n) is 7.95. The summed E-state index contributed by atoms with van der Waals surface area (Å²) in [4.78, 5) is 30.1. The van der Waals surface area contributed by atoms with Crippen molar-refractivity contribution in [3.05, 3.63) is 40.4 Å². The summed E-state index contributed by atoms with van der Waals surface area (Å²) in [6.07, 6.45) is 1.27. The van der Waals surface area contributed by atoms with Crippen LogP contribution in [-0.2, 0) is 17.6 Å². The molecule has 2 rings (SSSR count). The minimum Gasteiger partial charge on any atom is -0.370 e. The number of amides is 2. The Morgan fingerprint density at radius 3 is 2.33 bits per heavy atom. The normalized spacial score (nSPS) is 9.89. The van der Waals surface area contributed by atoms with Crippen molar-refractivity contribution < 1.29 is 9.59 Å². The van der Waals surface area contributed by atoms with Crippen LogP contribution in [0.2, 0.25) is 0 Å². The Morgan fingerprint density at radius 2 is 1.81 bits per heavy atom. The molecule has 0 unspecified atom stereocenters. The highest BCUT2D eigenvalue weighted by Gasteiger charge is 2.20. The van der Waals surface area contributed by atoms with E-state index in [-0.39, 0.29) is 30.2 Å². The number of nitrogens with zero attached hydrogens (tertiary/aromatic N) is 2. The molecule has 2 aromatic rings. The van der Waals surface area contributed by atoms with E-state index in [1.807, 2.05) is 24.3 Å². The zero-order valence-corrected chi connectivity index (χ0v) is 17.0. The van der Waals surface area contributed by atoms with Gasteiger partial charge < -0.3 is 21.3 Å². The molecule has 0 spiro atoms. The first-order valence-corrected chi connectivity index (χ1v) is 8.77. The van der Waals surface area contributed by atoms with Crippen molar-refractivity contribution in [1.29, 1.82) is 5.41 Å². The van der Waals surface area contributed by atoms with E-state index in [9.17, 15) is 9.59 Å². The van der Waals surface area contributed by atoms with Crippen LogP contribution < -0.4 is 16.4 Å². The smallest absolute Gasteiger partial charge is 0.265 e. The fraction of sp³-hybridized carbons (Fsp3) is 0.294. The summed E-state index contributed by atoms with van der Waals surface area (Å²) in [6.45, 7) is 1.41. The third kappa shape index (κ3) is 6.54. The van der Waals surface area contributed by atoms with Gasteiger partial charge in [0, 0.05) is 26.7 Å². The Hall–Kier alpha value is -2.65. The molecule has 1 aromatic heterocycles. The number of anilines is 2. The maximum Gasteiger partial charge on any atom is 0.265 e. The summed E-state index contributed by atoms with van der Waals surface area (Å²) in [5.41, 5.74) is 7.78. The van der Waals surface area contributed by atoms with Gasteiger partial charge in [0.2, 0.25) is 5.91 Å². The van der Waals surface area contributed by atoms with Gasteiger partial charge in [-0.3, -0.25) is 15.0 Å². The lowest BCUT2D eigenvalue weighted by atomic mass is 10.1. The number of guanidine groups is 1. The van der Waals surface area contributed by atoms with E-state index < -0.39 is 0 Å². The number of aromatic nitrogens is 1. The van der Waals surface area contributed by atoms with Gasteiger partial charge in [-0.1, -0.05) is 23.5 Å². The second kappa shape index (κ2) is 9.89. The monoisotopic (exact) mass is 410 g/mol. The molecule has 0 saturated carbocycles. The van der Waals surface area contributed by atoms with Gasteiger partial charge in [0.05, 0.1) is 5.69 Å². The molecule has 8 nitrogen and oxygen atoms in total. The molecule has 5 N–H and O–H groups in total. The van der Waals surface area contributed by atoms with Gasteiger partial charge in [-0.2, -0.15) is 0 Å². The second-order valence-corrected chi connectivity index (χ2v) is 6.91. The number of carbonyl (C=O) groups excluding carboxylic acids is 2. The van der Waals surface area contributed by atoms with Crippen LogP contribution in [0.5, 0.6) is 0 Å². The van der Waals surface area contributed by atoms with E-state index in [2.05, 4.69) is 15.6 Å². The quantitative estimate of drug-likeness (QED) is 0.429. The molecule has 0 aliphatic heterocycles. The Morgan fingerprint density at radius 1 is 1.19 bits per heavy atom. The third-order valence-corrected chi connectivity index (χ3v) is 4.47. The lowest BCUT2D eigenvalue weighted by molar-refractivity contribution is -0.114. The van der Waals surface area contributed by atoms with Gasteiger partial charge in [-0.25, -0.2) is 4.98 Å². The summed E-state index contributed by atoms with van der Waals surface area (Å²) in [6, 6.07) is 7.54. The molecule has 0 radical (unpaired) electrons. The number of hydrogen-bond donors (Lipinski definition) is 4. The van der Waals surface area contributed by atoms with Crippen LogP contribution in [0.1, 0.15) is 27.9 Å². The van der Waals surface area contributed by atoms with Gasteiger partial charge in [-0.15, -0.1) is 12.4 Å². The Bertz CT molecular complexity index is 819. The first kappa shape index (κ1) is 22.4. The largest absolute Gasteiger partial charge is 0.370 e. The molecule has 0 aliphatic rings. The summed E-state index contributed by atoms with van der Waals surface area (Å²) >= 11 is 1.19. The van der Waals surface area contributed by atoms with E-state index in [0.29, 0.717) is 28.5 Å². The van der Waals surface area contributed by atoms with E-state index in [4.69, 9.17) is 11.1 Å². The summed E-state index contributed by atoms with van der Waals surface area (Å²) in [5.74, 6) is -0.463. The molecular weight excluding hydrogens is 388 g/mol. The number of nitrogens with two attached hydrogens (primary N) is 1. The summed E-state index contributed by atoms with van der Waals surface area (Å²) in [7, 11) is 3.37. The lowest BCUT2D eigenvalue weighted by Gasteiger charge is -2.09. The van der Waals surface area contributed by atoms with Crippen LogP contribution in [-0.4, -0.2) is 41.8 Å². The number of halogens is 1. The average molecular weight is 411 g/mol. The van der Waals surface area contributed by atoms with Crippen LogP contribution in [0.4, 0.5) is 10.8 Å². The maximum atomic E-state index is 12.4. The highest BCUT2D eigenvalue weighted by atomic mass is 35.5. The van der Waals surface area contributed by atoms with E-state index in [1.54, 1.807) is 14.1 Å². The standard InChI is InChI=1S/C17H22N6O2S.ClH/c1-10(24)20-17-22-13(14(26-17)15(25)23(2)3)9-6-11-4-7-12(8-5-11)21-16(18)19;/h4-5,7-8H,6,9H2,1-3H3,(H4,18,19,21)(H,20,22,24);1H. The second-order valence-electron chi connectivity index (χ2n) is 5.91. The lowest BCUT2D eigenvalue weighted by Crippen LogP contribution is -2.22. The van der Waals surface area contributed by atoms with E-state index in [0.717, 1.165) is 11.3 Å². The third-order valence-electron chi connectivity index (χ3n) is 3.46. The molecule has 0 saturated heterocycles. The van der Waals surface area contributed by atoms with Gasteiger partial charge >= 0.3 is 0 Å². The molecule has 0 fully saturated rings. The number of hydrogen-bond acceptors (Lipinski definition) is 5. The Balaban J connectivity index is 0.00000364. The number of carbonyl (C=O) groups is 2. The number of rotatable bonds is 6. The van der Waals surface area contributed by atoms with Crippen LogP contribution in [0.25, 0.3) is 0 Å². The predicted molar refractivity (Wildman–Crippen MR) is 111 cm³/mol. The van der Waals surface area contributed by atoms with Gasteiger partial charge in [0.15, 0.2) is 11.1 Å². The average Bonchev–Trinajstić information content (AvgIpc) is 2.94. The number of benzene rings is 1. The molecule has 27 heavy (non-hydrogen) atoms. The molecule has 0 aliphatic carbocycles. The van der Waals surface area contributed by atoms with Crippen LogP contribution in [0.3, 0.4) is 0 Å². The Labute approximate surface area is 168 Å². The summed E-state index contributed by atoms with van der Waals surface area (Å²) in [5, 5.41) is 13.0. The number of aryl methyl sites for hydroxylation is 2. The number of nitrogens with one attached hydrogen (secondary N) is 3. The van der Waals surface area contributed by atoms with Gasteiger partial charge in [-0.05, 0) is 30.5 Å². The molecule has 1 aromatic carbocycles. The Kier molecular flexibility index (Phi) is 8.20. The maximum absolute atomic E-state index is 12.4. The molecule has 1 heterocycles. The minimum atomic E-state index is -0.220. The van der Waals surface area contributed by atoms with E-state index >= 15 is 0 Å². The minimum absolute atomic E-state index is 0. The number of thiazole rings is 1. The van der Waals surface area contributed by atoms with Crippen molar-refractivity contribution in [1.82, 2.24) is 9.88 Å². The highest BCUT2D eigenvalue weighted by molar-refractivity contribution is 7.17. The molecular formula is C17H23ClN6O2S. The molecule has 0 atom stereocenters. The van der Waals surface area contributed by atoms with Gasteiger partial charge in [0.1, 0.15) is 4.88 Å². The van der Waals surface area contributed by atoms with E-state index in [1.165, 1.54) is 23.2 Å². The molecule has 10 heteroatoms. The van der Waals surface area contributed by atoms with Crippen molar-refractivity contribution in [2.24, 2.45) is 5.73 Å². The van der Waals surface area contributed by atoms with Crippen molar-refractivity contribution >= 4 is 52.3 Å². The van der Waals surface area contributed by atoms with Gasteiger partial charge in [0.25, 0.3) is 5.91 Å². The van der Waals surface area contributed by atoms with Crippen molar-refractivity contribution in [2.75, 3.05) is 24.7 Å². The highest BCUT2D eigenvalue weighted by Crippen LogP contribution is 2.25. The van der Waals surface area contributed by atoms with Crippen molar-refractivity contribution in [2.45, 2.75) is 19.8 Å². The first-order chi connectivity index (χ1) is 12.3. The zero-order valence-electron chi connectivity index (χ0n) is 15.3. The van der Waals surface area contributed by atoms with Crippen molar-refractivity contribution in [3.63, 3.8) is 0 Å². The summed E-state index contributed by atoms with van der Waals surface area (Å²) < 4.78 is 0. The van der Waals surface area contributed by atoms with Crippen LogP contribution >= 0.6 is 23.7 Å². The molecule has 2 amide bonds. The van der Waals surface area contributed by atoms with Crippen molar-refractivity contribution in [3.8, 4) is 0 Å². The SMILES string of the molecule is CC(=O)Nc1nc(CCc2ccc(NC(=N)N)cc2)c(C(=O)N(C)C)s1.Cl. The topological polar surface area (TPSA) is 124 Å². The van der Waals surface area contributed by atoms with Crippen LogP contribution in [0, 0.1) is 5.41 Å². The predicted octanol–water partition coefficient (Wildman–Crippen LogP) is 2.32. The zero-order chi connectivity index (χ0) is 19.3.